The normalized spacial score (nSPS) is 14.4. The van der Waals surface area contributed by atoms with E-state index in [1.54, 1.807) is 25.1 Å². The summed E-state index contributed by atoms with van der Waals surface area (Å²) in [6, 6.07) is 5.60. The molecule has 0 radical (unpaired) electrons. The maximum atomic E-state index is 14.2. The van der Waals surface area contributed by atoms with E-state index in [1.807, 2.05) is 0 Å². The first-order valence-corrected chi connectivity index (χ1v) is 9.91. The van der Waals surface area contributed by atoms with E-state index in [0.717, 1.165) is 24.8 Å². The van der Waals surface area contributed by atoms with Gasteiger partial charge in [0.25, 0.3) is 5.56 Å². The van der Waals surface area contributed by atoms with E-state index >= 15 is 0 Å². The van der Waals surface area contributed by atoms with Crippen LogP contribution in [0.25, 0.3) is 10.2 Å². The Bertz CT molecular complexity index is 1100. The number of carbonyl (C=O) groups excluding carboxylic acids is 1. The lowest BCUT2D eigenvalue weighted by Crippen LogP contribution is -2.36. The first-order valence-electron chi connectivity index (χ1n) is 9.09. The summed E-state index contributed by atoms with van der Waals surface area (Å²) in [5, 5.41) is 0.601. The number of carbonyl (C=O) groups is 1. The lowest BCUT2D eigenvalue weighted by atomic mass is 10.1. The Morgan fingerprint density at radius 3 is 2.85 bits per heavy atom. The maximum Gasteiger partial charge on any atom is 0.263 e. The topological polar surface area (TPSA) is 78.0 Å². The molecule has 140 valence electrons. The largest absolute Gasteiger partial charge is 0.368 e. The minimum Gasteiger partial charge on any atom is -0.368 e. The Kier molecular flexibility index (Phi) is 4.55. The van der Waals surface area contributed by atoms with Gasteiger partial charge in [0.05, 0.1) is 5.39 Å². The summed E-state index contributed by atoms with van der Waals surface area (Å²) in [6.45, 7) is 1.80. The number of halogens is 1. The standard InChI is InChI=1S/C20H20FN3O2S/c1-2-14(18(22)25)24-16(10-11-6-3-4-8-13(11)21)23-19-17(20(24)26)12-7-5-9-15(12)27-19/h3-4,6,8,14H,2,5,7,9-10H2,1H3,(H2,22,25). The van der Waals surface area contributed by atoms with Gasteiger partial charge in [-0.05, 0) is 42.9 Å². The van der Waals surface area contributed by atoms with Gasteiger partial charge in [-0.2, -0.15) is 0 Å². The van der Waals surface area contributed by atoms with Crippen molar-refractivity contribution in [1.82, 2.24) is 9.55 Å². The third-order valence-corrected chi connectivity index (χ3v) is 6.36. The molecule has 2 aromatic heterocycles. The quantitative estimate of drug-likeness (QED) is 0.733. The number of aryl methyl sites for hydroxylation is 2. The predicted molar refractivity (Wildman–Crippen MR) is 104 cm³/mol. The Morgan fingerprint density at radius 1 is 1.37 bits per heavy atom. The zero-order chi connectivity index (χ0) is 19.1. The van der Waals surface area contributed by atoms with Crippen LogP contribution in [0.1, 0.15) is 47.6 Å². The summed E-state index contributed by atoms with van der Waals surface area (Å²) in [5.74, 6) is -0.565. The highest BCUT2D eigenvalue weighted by molar-refractivity contribution is 7.18. The minimum atomic E-state index is -0.798. The van der Waals surface area contributed by atoms with Crippen LogP contribution < -0.4 is 11.3 Å². The monoisotopic (exact) mass is 385 g/mol. The molecule has 1 amide bonds. The molecule has 1 aromatic carbocycles. The lowest BCUT2D eigenvalue weighted by molar-refractivity contribution is -0.121. The molecular formula is C20H20FN3O2S. The SMILES string of the molecule is CCC(C(N)=O)n1c(Cc2ccccc2F)nc2sc3c(c2c1=O)CCC3. The number of fused-ring (bicyclic) bond motifs is 3. The zero-order valence-electron chi connectivity index (χ0n) is 15.0. The molecule has 0 saturated heterocycles. The highest BCUT2D eigenvalue weighted by atomic mass is 32.1. The van der Waals surface area contributed by atoms with Gasteiger partial charge in [0, 0.05) is 11.3 Å². The van der Waals surface area contributed by atoms with Crippen LogP contribution in [0.15, 0.2) is 29.1 Å². The van der Waals surface area contributed by atoms with E-state index < -0.39 is 11.9 Å². The molecule has 1 unspecified atom stereocenters. The molecule has 7 heteroatoms. The molecule has 4 rings (SSSR count). The van der Waals surface area contributed by atoms with E-state index in [4.69, 9.17) is 10.7 Å². The lowest BCUT2D eigenvalue weighted by Gasteiger charge is -2.19. The Labute approximate surface area is 159 Å². The Balaban J connectivity index is 1.97. The molecule has 1 aliphatic rings. The van der Waals surface area contributed by atoms with Crippen LogP contribution in [0.2, 0.25) is 0 Å². The van der Waals surface area contributed by atoms with Crippen molar-refractivity contribution < 1.29 is 9.18 Å². The summed E-state index contributed by atoms with van der Waals surface area (Å²) in [5.41, 5.74) is 6.82. The van der Waals surface area contributed by atoms with Gasteiger partial charge in [0.15, 0.2) is 0 Å². The van der Waals surface area contributed by atoms with Gasteiger partial charge in [-0.15, -0.1) is 11.3 Å². The van der Waals surface area contributed by atoms with Crippen LogP contribution in [0.3, 0.4) is 0 Å². The number of benzene rings is 1. The highest BCUT2D eigenvalue weighted by Gasteiger charge is 2.27. The number of aromatic nitrogens is 2. The van der Waals surface area contributed by atoms with Crippen molar-refractivity contribution >= 4 is 27.5 Å². The second-order valence-corrected chi connectivity index (χ2v) is 7.92. The van der Waals surface area contributed by atoms with E-state index in [0.29, 0.717) is 28.0 Å². The van der Waals surface area contributed by atoms with Crippen LogP contribution in [0.4, 0.5) is 4.39 Å². The zero-order valence-corrected chi connectivity index (χ0v) is 15.8. The predicted octanol–water partition coefficient (Wildman–Crippen LogP) is 3.11. The van der Waals surface area contributed by atoms with E-state index in [9.17, 15) is 14.0 Å². The van der Waals surface area contributed by atoms with E-state index in [1.165, 1.54) is 26.8 Å². The van der Waals surface area contributed by atoms with Gasteiger partial charge in [0.1, 0.15) is 22.5 Å². The molecule has 3 aromatic rings. The van der Waals surface area contributed by atoms with Crippen molar-refractivity contribution in [1.29, 1.82) is 0 Å². The molecule has 0 spiro atoms. The average Bonchev–Trinajstić information content (AvgIpc) is 3.20. The molecular weight excluding hydrogens is 365 g/mol. The molecule has 0 bridgehead atoms. The van der Waals surface area contributed by atoms with Gasteiger partial charge in [0.2, 0.25) is 5.91 Å². The second-order valence-electron chi connectivity index (χ2n) is 6.84. The molecule has 1 aliphatic carbocycles. The molecule has 0 fully saturated rings. The fraction of sp³-hybridized carbons (Fsp3) is 0.350. The number of nitrogens with zero attached hydrogens (tertiary/aromatic N) is 2. The van der Waals surface area contributed by atoms with Crippen molar-refractivity contribution in [2.75, 3.05) is 0 Å². The minimum absolute atomic E-state index is 0.129. The Morgan fingerprint density at radius 2 is 2.15 bits per heavy atom. The number of amides is 1. The average molecular weight is 385 g/mol. The van der Waals surface area contributed by atoms with Gasteiger partial charge in [-0.25, -0.2) is 9.37 Å². The summed E-state index contributed by atoms with van der Waals surface area (Å²) in [6.07, 6.45) is 3.33. The van der Waals surface area contributed by atoms with Crippen molar-refractivity contribution in [2.45, 2.75) is 45.1 Å². The summed E-state index contributed by atoms with van der Waals surface area (Å²) >= 11 is 1.53. The van der Waals surface area contributed by atoms with E-state index in [-0.39, 0.29) is 17.8 Å². The third-order valence-electron chi connectivity index (χ3n) is 5.18. The number of primary amides is 1. The van der Waals surface area contributed by atoms with Crippen molar-refractivity contribution in [3.8, 4) is 0 Å². The van der Waals surface area contributed by atoms with Crippen LogP contribution in [0, 0.1) is 5.82 Å². The smallest absolute Gasteiger partial charge is 0.263 e. The van der Waals surface area contributed by atoms with Crippen molar-refractivity contribution in [3.05, 3.63) is 62.3 Å². The van der Waals surface area contributed by atoms with Crippen LogP contribution in [-0.4, -0.2) is 15.5 Å². The number of rotatable bonds is 5. The van der Waals surface area contributed by atoms with Gasteiger partial charge >= 0.3 is 0 Å². The van der Waals surface area contributed by atoms with E-state index in [2.05, 4.69) is 0 Å². The molecule has 5 nitrogen and oxygen atoms in total. The van der Waals surface area contributed by atoms with Crippen LogP contribution >= 0.6 is 11.3 Å². The van der Waals surface area contributed by atoms with Crippen molar-refractivity contribution in [2.24, 2.45) is 5.73 Å². The Hall–Kier alpha value is -2.54. The van der Waals surface area contributed by atoms with Crippen LogP contribution in [-0.2, 0) is 24.1 Å². The first-order chi connectivity index (χ1) is 13.0. The molecule has 1 atom stereocenters. The number of hydrogen-bond acceptors (Lipinski definition) is 4. The molecule has 0 saturated carbocycles. The third kappa shape index (κ3) is 2.96. The number of thiophene rings is 1. The fourth-order valence-corrected chi connectivity index (χ4v) is 5.14. The maximum absolute atomic E-state index is 14.2. The number of hydrogen-bond donors (Lipinski definition) is 1. The van der Waals surface area contributed by atoms with Gasteiger partial charge in [-0.1, -0.05) is 25.1 Å². The van der Waals surface area contributed by atoms with Gasteiger partial charge in [-0.3, -0.25) is 14.2 Å². The first kappa shape index (κ1) is 17.9. The molecule has 27 heavy (non-hydrogen) atoms. The molecule has 2 N–H and O–H groups in total. The fourth-order valence-electron chi connectivity index (χ4n) is 3.87. The summed E-state index contributed by atoms with van der Waals surface area (Å²) in [7, 11) is 0. The highest BCUT2D eigenvalue weighted by Crippen LogP contribution is 2.35. The second kappa shape index (κ2) is 6.88. The molecule has 0 aliphatic heterocycles. The summed E-state index contributed by atoms with van der Waals surface area (Å²) in [4.78, 5) is 32.0. The molecule has 2 heterocycles. The van der Waals surface area contributed by atoms with Crippen molar-refractivity contribution in [3.63, 3.8) is 0 Å². The van der Waals surface area contributed by atoms with Gasteiger partial charge < -0.3 is 5.73 Å². The summed E-state index contributed by atoms with van der Waals surface area (Å²) < 4.78 is 15.6. The van der Waals surface area contributed by atoms with Crippen LogP contribution in [0.5, 0.6) is 0 Å². The number of nitrogens with two attached hydrogens (primary N) is 1.